The van der Waals surface area contributed by atoms with Gasteiger partial charge in [-0.2, -0.15) is 5.10 Å². The molecule has 0 aliphatic rings. The van der Waals surface area contributed by atoms with Crippen molar-refractivity contribution in [2.45, 2.75) is 30.9 Å². The van der Waals surface area contributed by atoms with Crippen molar-refractivity contribution in [2.24, 2.45) is 7.05 Å². The van der Waals surface area contributed by atoms with Gasteiger partial charge in [0, 0.05) is 43.8 Å². The Morgan fingerprint density at radius 2 is 2.19 bits per heavy atom. The Bertz CT molecular complexity index is 905. The second kappa shape index (κ2) is 8.72. The van der Waals surface area contributed by atoms with E-state index in [0.29, 0.717) is 6.54 Å². The summed E-state index contributed by atoms with van der Waals surface area (Å²) in [6.45, 7) is 3.35. The summed E-state index contributed by atoms with van der Waals surface area (Å²) in [5.74, 6) is 0.752. The van der Waals surface area contributed by atoms with Gasteiger partial charge in [0.25, 0.3) is 0 Å². The predicted octanol–water partition coefficient (Wildman–Crippen LogP) is 2.99. The van der Waals surface area contributed by atoms with Crippen LogP contribution in [0.15, 0.2) is 48.1 Å². The fourth-order valence-electron chi connectivity index (χ4n) is 2.52. The van der Waals surface area contributed by atoms with Crippen molar-refractivity contribution in [1.82, 2.24) is 29.4 Å². The molecule has 0 unspecified atom stereocenters. The Morgan fingerprint density at radius 1 is 1.33 bits per heavy atom. The van der Waals surface area contributed by atoms with Crippen LogP contribution >= 0.6 is 11.8 Å². The SMILES string of the molecule is CCn1cc(CN(C)C(=O)Nc2cccc(CSc3nncn3C)c2)cn1. The number of carbonyl (C=O) groups excluding carboxylic acids is 1. The number of nitrogens with zero attached hydrogens (tertiary/aromatic N) is 6. The van der Waals surface area contributed by atoms with Gasteiger partial charge in [-0.15, -0.1) is 10.2 Å². The summed E-state index contributed by atoms with van der Waals surface area (Å²) >= 11 is 1.60. The maximum atomic E-state index is 12.5. The number of aryl methyl sites for hydroxylation is 2. The summed E-state index contributed by atoms with van der Waals surface area (Å²) in [6.07, 6.45) is 5.42. The number of hydrogen-bond donors (Lipinski definition) is 1. The zero-order valence-corrected chi connectivity index (χ0v) is 16.5. The highest BCUT2D eigenvalue weighted by Gasteiger charge is 2.11. The van der Waals surface area contributed by atoms with Gasteiger partial charge in [0.05, 0.1) is 12.7 Å². The van der Waals surface area contributed by atoms with Crippen LogP contribution in [0.4, 0.5) is 10.5 Å². The Hall–Kier alpha value is -2.81. The van der Waals surface area contributed by atoms with E-state index in [-0.39, 0.29) is 6.03 Å². The molecule has 3 rings (SSSR count). The van der Waals surface area contributed by atoms with Crippen molar-refractivity contribution in [2.75, 3.05) is 12.4 Å². The third-order valence-corrected chi connectivity index (χ3v) is 5.10. The maximum Gasteiger partial charge on any atom is 0.321 e. The first kappa shape index (κ1) is 19.0. The molecule has 2 amide bonds. The lowest BCUT2D eigenvalue weighted by Crippen LogP contribution is -2.30. The van der Waals surface area contributed by atoms with Crippen molar-refractivity contribution in [3.05, 3.63) is 54.1 Å². The molecule has 1 aromatic carbocycles. The number of aromatic nitrogens is 5. The Labute approximate surface area is 162 Å². The van der Waals surface area contributed by atoms with Gasteiger partial charge in [-0.3, -0.25) is 4.68 Å². The monoisotopic (exact) mass is 385 g/mol. The molecule has 0 aliphatic heterocycles. The molecule has 0 fully saturated rings. The highest BCUT2D eigenvalue weighted by Crippen LogP contribution is 2.22. The quantitative estimate of drug-likeness (QED) is 0.633. The van der Waals surface area contributed by atoms with Gasteiger partial charge in [-0.1, -0.05) is 23.9 Å². The van der Waals surface area contributed by atoms with Gasteiger partial charge in [-0.25, -0.2) is 4.79 Å². The van der Waals surface area contributed by atoms with Crippen LogP contribution in [0.1, 0.15) is 18.1 Å². The summed E-state index contributed by atoms with van der Waals surface area (Å²) in [6, 6.07) is 7.68. The molecule has 1 N–H and O–H groups in total. The van der Waals surface area contributed by atoms with Gasteiger partial charge >= 0.3 is 6.03 Å². The van der Waals surface area contributed by atoms with Crippen molar-refractivity contribution < 1.29 is 4.79 Å². The van der Waals surface area contributed by atoms with E-state index in [2.05, 4.69) is 20.6 Å². The Kier molecular flexibility index (Phi) is 6.12. The van der Waals surface area contributed by atoms with Crippen LogP contribution in [0, 0.1) is 0 Å². The first-order valence-corrected chi connectivity index (χ1v) is 9.63. The molecule has 2 aromatic heterocycles. The molecular formula is C18H23N7OS. The highest BCUT2D eigenvalue weighted by atomic mass is 32.2. The van der Waals surface area contributed by atoms with E-state index in [1.165, 1.54) is 0 Å². The fourth-order valence-corrected chi connectivity index (χ4v) is 3.35. The number of hydrogen-bond acceptors (Lipinski definition) is 5. The molecule has 0 saturated heterocycles. The topological polar surface area (TPSA) is 80.9 Å². The first-order chi connectivity index (χ1) is 13.0. The summed E-state index contributed by atoms with van der Waals surface area (Å²) in [5, 5.41) is 16.0. The van der Waals surface area contributed by atoms with Gasteiger partial charge in [0.1, 0.15) is 6.33 Å². The number of benzene rings is 1. The number of urea groups is 1. The standard InChI is InChI=1S/C18H23N7OS/c1-4-25-11-15(9-20-25)10-23(2)17(26)21-16-7-5-6-14(8-16)12-27-18-22-19-13-24(18)3/h5-9,11,13H,4,10,12H2,1-3H3,(H,21,26). The number of amides is 2. The van der Waals surface area contributed by atoms with Crippen LogP contribution in [-0.2, 0) is 25.9 Å². The zero-order valence-electron chi connectivity index (χ0n) is 15.7. The third kappa shape index (κ3) is 5.10. The fraction of sp³-hybridized carbons (Fsp3) is 0.333. The highest BCUT2D eigenvalue weighted by molar-refractivity contribution is 7.98. The van der Waals surface area contributed by atoms with Crippen LogP contribution in [0.2, 0.25) is 0 Å². The first-order valence-electron chi connectivity index (χ1n) is 8.64. The second-order valence-electron chi connectivity index (χ2n) is 6.20. The van der Waals surface area contributed by atoms with Crippen LogP contribution < -0.4 is 5.32 Å². The van der Waals surface area contributed by atoms with E-state index in [9.17, 15) is 4.79 Å². The average molecular weight is 385 g/mol. The minimum atomic E-state index is -0.155. The molecule has 0 bridgehead atoms. The molecule has 0 radical (unpaired) electrons. The van der Waals surface area contributed by atoms with E-state index < -0.39 is 0 Å². The van der Waals surface area contributed by atoms with Crippen LogP contribution in [-0.4, -0.2) is 42.5 Å². The molecule has 0 saturated carbocycles. The predicted molar refractivity (Wildman–Crippen MR) is 105 cm³/mol. The molecule has 0 aliphatic carbocycles. The molecule has 2 heterocycles. The van der Waals surface area contributed by atoms with E-state index in [1.54, 1.807) is 36.2 Å². The number of thioether (sulfide) groups is 1. The smallest absolute Gasteiger partial charge is 0.321 e. The molecule has 0 spiro atoms. The number of anilines is 1. The van der Waals surface area contributed by atoms with E-state index in [4.69, 9.17) is 0 Å². The van der Waals surface area contributed by atoms with Gasteiger partial charge in [0.15, 0.2) is 5.16 Å². The Morgan fingerprint density at radius 3 is 2.89 bits per heavy atom. The van der Waals surface area contributed by atoms with Crippen molar-refractivity contribution in [3.63, 3.8) is 0 Å². The molecule has 3 aromatic rings. The lowest BCUT2D eigenvalue weighted by molar-refractivity contribution is 0.220. The van der Waals surface area contributed by atoms with Crippen molar-refractivity contribution in [1.29, 1.82) is 0 Å². The van der Waals surface area contributed by atoms with E-state index >= 15 is 0 Å². The number of nitrogens with one attached hydrogen (secondary N) is 1. The molecule has 8 nitrogen and oxygen atoms in total. The maximum absolute atomic E-state index is 12.5. The second-order valence-corrected chi connectivity index (χ2v) is 7.15. The number of rotatable bonds is 7. The molecular weight excluding hydrogens is 362 g/mol. The van der Waals surface area contributed by atoms with E-state index in [1.807, 2.05) is 53.7 Å². The van der Waals surface area contributed by atoms with E-state index in [0.717, 1.165) is 34.3 Å². The minimum Gasteiger partial charge on any atom is -0.323 e. The van der Waals surface area contributed by atoms with Crippen molar-refractivity contribution >= 4 is 23.5 Å². The zero-order chi connectivity index (χ0) is 19.2. The summed E-state index contributed by atoms with van der Waals surface area (Å²) < 4.78 is 3.73. The largest absolute Gasteiger partial charge is 0.323 e. The van der Waals surface area contributed by atoms with Crippen LogP contribution in [0.5, 0.6) is 0 Å². The van der Waals surface area contributed by atoms with Crippen molar-refractivity contribution in [3.8, 4) is 0 Å². The van der Waals surface area contributed by atoms with Gasteiger partial charge < -0.3 is 14.8 Å². The van der Waals surface area contributed by atoms with Gasteiger partial charge in [-0.05, 0) is 24.6 Å². The normalized spacial score (nSPS) is 10.8. The molecule has 9 heteroatoms. The lowest BCUT2D eigenvalue weighted by Gasteiger charge is -2.17. The summed E-state index contributed by atoms with van der Waals surface area (Å²) in [4.78, 5) is 14.1. The minimum absolute atomic E-state index is 0.155. The Balaban J connectivity index is 1.56. The lowest BCUT2D eigenvalue weighted by atomic mass is 10.2. The summed E-state index contributed by atoms with van der Waals surface area (Å²) in [5.41, 5.74) is 2.88. The van der Waals surface area contributed by atoms with Gasteiger partial charge in [0.2, 0.25) is 0 Å². The molecule has 0 atom stereocenters. The summed E-state index contributed by atoms with van der Waals surface area (Å²) in [7, 11) is 3.69. The van der Waals surface area contributed by atoms with Crippen LogP contribution in [0.25, 0.3) is 0 Å². The third-order valence-electron chi connectivity index (χ3n) is 3.99. The molecule has 27 heavy (non-hydrogen) atoms. The molecule has 142 valence electrons. The number of carbonyl (C=O) groups is 1. The average Bonchev–Trinajstić information content (AvgIpc) is 3.28. The van der Waals surface area contributed by atoms with Crippen LogP contribution in [0.3, 0.4) is 0 Å².